The molecule has 3 rings (SSSR count). The summed E-state index contributed by atoms with van der Waals surface area (Å²) in [6, 6.07) is 15.4. The molecule has 0 bridgehead atoms. The van der Waals surface area contributed by atoms with Gasteiger partial charge in [0.2, 0.25) is 5.91 Å². The maximum absolute atomic E-state index is 12.0. The van der Waals surface area contributed by atoms with Crippen LogP contribution in [-0.4, -0.2) is 37.6 Å². The molecule has 0 saturated carbocycles. The van der Waals surface area contributed by atoms with Crippen molar-refractivity contribution in [1.29, 1.82) is 0 Å². The average Bonchev–Trinajstić information content (AvgIpc) is 2.55. The Labute approximate surface area is 135 Å². The van der Waals surface area contributed by atoms with Crippen LogP contribution in [0.3, 0.4) is 0 Å². The zero-order valence-electron chi connectivity index (χ0n) is 13.1. The first-order chi connectivity index (χ1) is 11.2. The van der Waals surface area contributed by atoms with E-state index in [4.69, 9.17) is 9.47 Å². The van der Waals surface area contributed by atoms with E-state index in [1.54, 1.807) is 0 Å². The van der Waals surface area contributed by atoms with E-state index < -0.39 is 0 Å². The van der Waals surface area contributed by atoms with Crippen LogP contribution in [0.15, 0.2) is 48.5 Å². The molecule has 0 fully saturated rings. The molecule has 5 heteroatoms. The molecule has 1 aliphatic heterocycles. The van der Waals surface area contributed by atoms with Gasteiger partial charge in [0, 0.05) is 12.2 Å². The minimum atomic E-state index is -0.0313. The van der Waals surface area contributed by atoms with Crippen molar-refractivity contribution in [3.8, 4) is 11.5 Å². The number of ether oxygens (including phenoxy) is 2. The first kappa shape index (κ1) is 15.4. The Morgan fingerprint density at radius 1 is 1.09 bits per heavy atom. The summed E-state index contributed by atoms with van der Waals surface area (Å²) >= 11 is 0. The van der Waals surface area contributed by atoms with Crippen molar-refractivity contribution in [2.75, 3.05) is 32.1 Å². The van der Waals surface area contributed by atoms with E-state index in [9.17, 15) is 4.79 Å². The maximum Gasteiger partial charge on any atom is 0.238 e. The second-order valence-electron chi connectivity index (χ2n) is 5.56. The van der Waals surface area contributed by atoms with Gasteiger partial charge in [-0.1, -0.05) is 24.3 Å². The Bertz CT molecular complexity index is 673. The van der Waals surface area contributed by atoms with Crippen LogP contribution in [0.5, 0.6) is 11.5 Å². The molecule has 1 heterocycles. The zero-order valence-corrected chi connectivity index (χ0v) is 13.1. The number of likely N-dealkylation sites (N-methyl/N-ethyl adjacent to an activating group) is 1. The number of para-hydroxylation sites is 1. The Kier molecular flexibility index (Phi) is 4.78. The number of benzene rings is 2. The van der Waals surface area contributed by atoms with Crippen LogP contribution in [0.25, 0.3) is 0 Å². The predicted molar refractivity (Wildman–Crippen MR) is 88.8 cm³/mol. The molecule has 5 nitrogen and oxygen atoms in total. The van der Waals surface area contributed by atoms with Gasteiger partial charge in [-0.3, -0.25) is 9.69 Å². The van der Waals surface area contributed by atoms with Gasteiger partial charge in [0.15, 0.2) is 11.5 Å². The molecule has 0 aromatic heterocycles. The predicted octanol–water partition coefficient (Wildman–Crippen LogP) is 2.53. The largest absolute Gasteiger partial charge is 0.486 e. The van der Waals surface area contributed by atoms with Crippen molar-refractivity contribution in [3.05, 3.63) is 54.1 Å². The molecule has 0 radical (unpaired) electrons. The Morgan fingerprint density at radius 3 is 2.61 bits per heavy atom. The summed E-state index contributed by atoms with van der Waals surface area (Å²) in [5.41, 5.74) is 1.90. The maximum atomic E-state index is 12.0. The van der Waals surface area contributed by atoms with E-state index in [0.29, 0.717) is 26.3 Å². The monoisotopic (exact) mass is 312 g/mol. The lowest BCUT2D eigenvalue weighted by molar-refractivity contribution is -0.117. The van der Waals surface area contributed by atoms with Crippen molar-refractivity contribution in [2.24, 2.45) is 0 Å². The molecule has 1 N–H and O–H groups in total. The highest BCUT2D eigenvalue weighted by Gasteiger charge is 2.13. The van der Waals surface area contributed by atoms with E-state index >= 15 is 0 Å². The third kappa shape index (κ3) is 4.23. The van der Waals surface area contributed by atoms with Crippen molar-refractivity contribution in [1.82, 2.24) is 4.90 Å². The van der Waals surface area contributed by atoms with Gasteiger partial charge in [-0.15, -0.1) is 0 Å². The molecule has 0 atom stereocenters. The summed E-state index contributed by atoms with van der Waals surface area (Å²) in [6.07, 6.45) is 0. The Hall–Kier alpha value is -2.53. The molecular formula is C18H20N2O3. The fraction of sp³-hybridized carbons (Fsp3) is 0.278. The molecule has 23 heavy (non-hydrogen) atoms. The van der Waals surface area contributed by atoms with Crippen LogP contribution >= 0.6 is 0 Å². The topological polar surface area (TPSA) is 50.8 Å². The highest BCUT2D eigenvalue weighted by molar-refractivity contribution is 5.92. The summed E-state index contributed by atoms with van der Waals surface area (Å²) in [5, 5.41) is 2.88. The highest BCUT2D eigenvalue weighted by atomic mass is 16.6. The second-order valence-corrected chi connectivity index (χ2v) is 5.56. The molecule has 0 aliphatic carbocycles. The summed E-state index contributed by atoms with van der Waals surface area (Å²) in [4.78, 5) is 14.0. The zero-order chi connectivity index (χ0) is 16.1. The van der Waals surface area contributed by atoms with Gasteiger partial charge in [-0.2, -0.15) is 0 Å². The summed E-state index contributed by atoms with van der Waals surface area (Å²) in [7, 11) is 1.92. The molecule has 1 aliphatic rings. The molecule has 2 aromatic rings. The smallest absolute Gasteiger partial charge is 0.238 e. The normalized spacial score (nSPS) is 13.0. The SMILES string of the molecule is CN(CC(=O)Nc1ccccc1)Cc1ccc2c(c1)OCCO2. The molecular weight excluding hydrogens is 292 g/mol. The van der Waals surface area contributed by atoms with Crippen molar-refractivity contribution in [3.63, 3.8) is 0 Å². The van der Waals surface area contributed by atoms with E-state index in [1.807, 2.05) is 60.5 Å². The van der Waals surface area contributed by atoms with E-state index in [0.717, 1.165) is 22.7 Å². The van der Waals surface area contributed by atoms with Crippen LogP contribution in [0.1, 0.15) is 5.56 Å². The third-order valence-electron chi connectivity index (χ3n) is 3.53. The molecule has 2 aromatic carbocycles. The van der Waals surface area contributed by atoms with Crippen molar-refractivity contribution < 1.29 is 14.3 Å². The molecule has 0 spiro atoms. The van der Waals surface area contributed by atoms with Crippen molar-refractivity contribution in [2.45, 2.75) is 6.54 Å². The molecule has 0 saturated heterocycles. The van der Waals surface area contributed by atoms with Gasteiger partial charge in [0.05, 0.1) is 6.54 Å². The summed E-state index contributed by atoms with van der Waals surface area (Å²) < 4.78 is 11.1. The fourth-order valence-corrected chi connectivity index (χ4v) is 2.52. The lowest BCUT2D eigenvalue weighted by Gasteiger charge is -2.21. The number of rotatable bonds is 5. The number of nitrogens with one attached hydrogen (secondary N) is 1. The second kappa shape index (κ2) is 7.15. The van der Waals surface area contributed by atoms with Crippen LogP contribution in [0.2, 0.25) is 0 Å². The third-order valence-corrected chi connectivity index (χ3v) is 3.53. The summed E-state index contributed by atoms with van der Waals surface area (Å²) in [6.45, 7) is 2.15. The number of nitrogens with zero attached hydrogens (tertiary/aromatic N) is 1. The van der Waals surface area contributed by atoms with Gasteiger partial charge in [0.25, 0.3) is 0 Å². The van der Waals surface area contributed by atoms with Crippen LogP contribution in [0.4, 0.5) is 5.69 Å². The first-order valence-corrected chi connectivity index (χ1v) is 7.63. The standard InChI is InChI=1S/C18H20N2O3/c1-20(13-18(21)19-15-5-3-2-4-6-15)12-14-7-8-16-17(11-14)23-10-9-22-16/h2-8,11H,9-10,12-13H2,1H3,(H,19,21). The Balaban J connectivity index is 1.54. The lowest BCUT2D eigenvalue weighted by atomic mass is 10.2. The van der Waals surface area contributed by atoms with Gasteiger partial charge in [-0.05, 0) is 36.9 Å². The minimum Gasteiger partial charge on any atom is -0.486 e. The van der Waals surface area contributed by atoms with E-state index in [2.05, 4.69) is 5.32 Å². The fourth-order valence-electron chi connectivity index (χ4n) is 2.52. The quantitative estimate of drug-likeness (QED) is 0.922. The minimum absolute atomic E-state index is 0.0313. The molecule has 120 valence electrons. The number of fused-ring (bicyclic) bond motifs is 1. The van der Waals surface area contributed by atoms with Crippen LogP contribution in [-0.2, 0) is 11.3 Å². The van der Waals surface area contributed by atoms with Crippen LogP contribution < -0.4 is 14.8 Å². The van der Waals surface area contributed by atoms with Gasteiger partial charge in [0.1, 0.15) is 13.2 Å². The number of carbonyl (C=O) groups excluding carboxylic acids is 1. The van der Waals surface area contributed by atoms with Crippen molar-refractivity contribution >= 4 is 11.6 Å². The molecule has 1 amide bonds. The lowest BCUT2D eigenvalue weighted by Crippen LogP contribution is -2.29. The first-order valence-electron chi connectivity index (χ1n) is 7.63. The number of anilines is 1. The average molecular weight is 312 g/mol. The van der Waals surface area contributed by atoms with E-state index in [1.165, 1.54) is 0 Å². The van der Waals surface area contributed by atoms with Gasteiger partial charge in [-0.25, -0.2) is 0 Å². The number of carbonyl (C=O) groups is 1. The number of amides is 1. The van der Waals surface area contributed by atoms with Gasteiger partial charge >= 0.3 is 0 Å². The Morgan fingerprint density at radius 2 is 1.83 bits per heavy atom. The van der Waals surface area contributed by atoms with Gasteiger partial charge < -0.3 is 14.8 Å². The van der Waals surface area contributed by atoms with Crippen LogP contribution in [0, 0.1) is 0 Å². The molecule has 0 unspecified atom stereocenters. The highest BCUT2D eigenvalue weighted by Crippen LogP contribution is 2.30. The summed E-state index contributed by atoms with van der Waals surface area (Å²) in [5.74, 6) is 1.52. The number of hydrogen-bond acceptors (Lipinski definition) is 4. The number of hydrogen-bond donors (Lipinski definition) is 1. The van der Waals surface area contributed by atoms with E-state index in [-0.39, 0.29) is 5.91 Å².